The second-order valence-corrected chi connectivity index (χ2v) is 11.9. The Labute approximate surface area is 206 Å². The summed E-state index contributed by atoms with van der Waals surface area (Å²) in [6.45, 7) is 14.4. The van der Waals surface area contributed by atoms with Gasteiger partial charge in [-0.05, 0) is 54.9 Å². The Kier molecular flexibility index (Phi) is 10.3. The van der Waals surface area contributed by atoms with Crippen LogP contribution in [0.1, 0.15) is 98.6 Å². The fourth-order valence-corrected chi connectivity index (χ4v) is 5.19. The van der Waals surface area contributed by atoms with Crippen molar-refractivity contribution in [3.63, 3.8) is 0 Å². The van der Waals surface area contributed by atoms with E-state index in [0.29, 0.717) is 42.8 Å². The molecule has 1 saturated carbocycles. The van der Waals surface area contributed by atoms with Crippen molar-refractivity contribution < 1.29 is 14.4 Å². The second-order valence-electron chi connectivity index (χ2n) is 11.9. The molecule has 0 aromatic heterocycles. The summed E-state index contributed by atoms with van der Waals surface area (Å²) in [5, 5.41) is 5.91. The van der Waals surface area contributed by atoms with Gasteiger partial charge in [-0.1, -0.05) is 78.3 Å². The van der Waals surface area contributed by atoms with Crippen LogP contribution in [0.3, 0.4) is 0 Å². The zero-order valence-electron chi connectivity index (χ0n) is 22.3. The third-order valence-corrected chi connectivity index (χ3v) is 7.10. The lowest BCUT2D eigenvalue weighted by Gasteiger charge is -2.36. The average molecular weight is 471 g/mol. The number of benzene rings is 1. The summed E-state index contributed by atoms with van der Waals surface area (Å²) >= 11 is 0. The maximum Gasteiger partial charge on any atom is 0.242 e. The quantitative estimate of drug-likeness (QED) is 0.451. The van der Waals surface area contributed by atoms with Gasteiger partial charge in [0.25, 0.3) is 0 Å². The number of ketones is 1. The van der Waals surface area contributed by atoms with Gasteiger partial charge >= 0.3 is 0 Å². The van der Waals surface area contributed by atoms with E-state index >= 15 is 0 Å². The first-order valence-electron chi connectivity index (χ1n) is 13.0. The van der Waals surface area contributed by atoms with Gasteiger partial charge in [-0.3, -0.25) is 14.4 Å². The largest absolute Gasteiger partial charge is 0.348 e. The molecule has 34 heavy (non-hydrogen) atoms. The maximum absolute atomic E-state index is 13.3. The van der Waals surface area contributed by atoms with Crippen LogP contribution in [0.2, 0.25) is 0 Å². The molecule has 0 bridgehead atoms. The van der Waals surface area contributed by atoms with Crippen LogP contribution in [0.4, 0.5) is 0 Å². The van der Waals surface area contributed by atoms with E-state index in [1.165, 1.54) is 6.42 Å². The lowest BCUT2D eigenvalue weighted by Crippen LogP contribution is -2.46. The van der Waals surface area contributed by atoms with Crippen molar-refractivity contribution in [3.05, 3.63) is 35.9 Å². The molecule has 1 aliphatic carbocycles. The number of amides is 2. The number of hydrogen-bond acceptors (Lipinski definition) is 3. The molecule has 0 saturated heterocycles. The molecule has 5 atom stereocenters. The summed E-state index contributed by atoms with van der Waals surface area (Å²) < 4.78 is 0. The van der Waals surface area contributed by atoms with Crippen molar-refractivity contribution >= 4 is 17.6 Å². The Morgan fingerprint density at radius 2 is 1.65 bits per heavy atom. The maximum atomic E-state index is 13.3. The molecule has 1 aliphatic rings. The Morgan fingerprint density at radius 3 is 2.24 bits per heavy atom. The van der Waals surface area contributed by atoms with E-state index < -0.39 is 6.04 Å². The summed E-state index contributed by atoms with van der Waals surface area (Å²) in [5.41, 5.74) is 0.840. The molecule has 0 spiro atoms. The third-order valence-electron chi connectivity index (χ3n) is 7.10. The minimum atomic E-state index is -0.638. The Hall–Kier alpha value is -2.17. The van der Waals surface area contributed by atoms with E-state index in [9.17, 15) is 14.4 Å². The van der Waals surface area contributed by atoms with Gasteiger partial charge in [-0.2, -0.15) is 0 Å². The topological polar surface area (TPSA) is 75.3 Å². The second kappa shape index (κ2) is 12.5. The van der Waals surface area contributed by atoms with Crippen molar-refractivity contribution in [2.24, 2.45) is 29.1 Å². The highest BCUT2D eigenvalue weighted by Crippen LogP contribution is 2.39. The molecule has 1 aromatic rings. The van der Waals surface area contributed by atoms with Gasteiger partial charge in [-0.25, -0.2) is 0 Å². The SMILES string of the molecule is CC(C)[C@@H]1CC[C@@H](C)C[C@H]1C(=O)CC[C@@H](NC(=O)[C@@H](C)NC(=O)CC(C)(C)C)c1ccccc1. The van der Waals surface area contributed by atoms with Crippen LogP contribution >= 0.6 is 0 Å². The summed E-state index contributed by atoms with van der Waals surface area (Å²) in [5.74, 6) is 1.63. The zero-order valence-corrected chi connectivity index (χ0v) is 22.3. The van der Waals surface area contributed by atoms with Gasteiger partial charge in [0.2, 0.25) is 11.8 Å². The summed E-state index contributed by atoms with van der Waals surface area (Å²) in [6, 6.07) is 8.90. The van der Waals surface area contributed by atoms with Gasteiger partial charge in [-0.15, -0.1) is 0 Å². The lowest BCUT2D eigenvalue weighted by molar-refractivity contribution is -0.130. The van der Waals surface area contributed by atoms with Gasteiger partial charge in [0.15, 0.2) is 0 Å². The molecule has 1 fully saturated rings. The first-order chi connectivity index (χ1) is 15.9. The smallest absolute Gasteiger partial charge is 0.242 e. The molecular weight excluding hydrogens is 424 g/mol. The zero-order chi connectivity index (χ0) is 25.5. The predicted molar refractivity (Wildman–Crippen MR) is 138 cm³/mol. The summed E-state index contributed by atoms with van der Waals surface area (Å²) in [7, 11) is 0. The van der Waals surface area contributed by atoms with Crippen LogP contribution in [0, 0.1) is 29.1 Å². The van der Waals surface area contributed by atoms with E-state index in [0.717, 1.165) is 18.4 Å². The van der Waals surface area contributed by atoms with Crippen LogP contribution in [0.5, 0.6) is 0 Å². The third kappa shape index (κ3) is 8.88. The van der Waals surface area contributed by atoms with Gasteiger partial charge in [0, 0.05) is 18.8 Å². The van der Waals surface area contributed by atoms with Crippen LogP contribution in [0.15, 0.2) is 30.3 Å². The van der Waals surface area contributed by atoms with Gasteiger partial charge in [0.1, 0.15) is 11.8 Å². The van der Waals surface area contributed by atoms with Crippen molar-refractivity contribution in [2.45, 2.75) is 99.1 Å². The summed E-state index contributed by atoms with van der Waals surface area (Å²) in [6.07, 6.45) is 4.67. The molecule has 2 amide bonds. The molecule has 2 rings (SSSR count). The molecular formula is C29H46N2O3. The van der Waals surface area contributed by atoms with Gasteiger partial charge in [0.05, 0.1) is 6.04 Å². The van der Waals surface area contributed by atoms with Crippen LogP contribution in [-0.4, -0.2) is 23.6 Å². The van der Waals surface area contributed by atoms with Crippen LogP contribution in [0.25, 0.3) is 0 Å². The van der Waals surface area contributed by atoms with E-state index in [1.54, 1.807) is 6.92 Å². The van der Waals surface area contributed by atoms with Crippen LogP contribution < -0.4 is 10.6 Å². The van der Waals surface area contributed by atoms with Gasteiger partial charge < -0.3 is 10.6 Å². The average Bonchev–Trinajstić information content (AvgIpc) is 2.75. The Bertz CT molecular complexity index is 812. The molecule has 0 aliphatic heterocycles. The Balaban J connectivity index is 2.05. The normalized spacial score (nSPS) is 22.6. The van der Waals surface area contributed by atoms with E-state index in [-0.39, 0.29) is 29.2 Å². The molecule has 190 valence electrons. The number of carbonyl (C=O) groups is 3. The number of carbonyl (C=O) groups excluding carboxylic acids is 3. The number of rotatable bonds is 10. The van der Waals surface area contributed by atoms with E-state index in [2.05, 4.69) is 31.4 Å². The van der Waals surface area contributed by atoms with Crippen molar-refractivity contribution in [2.75, 3.05) is 0 Å². The lowest BCUT2D eigenvalue weighted by atomic mass is 9.68. The molecule has 1 aromatic carbocycles. The summed E-state index contributed by atoms with van der Waals surface area (Å²) in [4.78, 5) is 38.6. The first-order valence-corrected chi connectivity index (χ1v) is 13.0. The number of Topliss-reactive ketones (excluding diaryl/α,β-unsaturated/α-hetero) is 1. The standard InChI is InChI=1S/C29H46N2O3/c1-19(2)23-14-13-20(3)17-24(23)26(32)16-15-25(22-11-9-8-10-12-22)31-28(34)21(4)30-27(33)18-29(5,6)7/h8-12,19-21,23-25H,13-18H2,1-7H3,(H,30,33)(H,31,34)/t20-,21-,23+,24-,25-/m1/s1. The fraction of sp³-hybridized carbons (Fsp3) is 0.690. The first kappa shape index (κ1) is 28.1. The minimum absolute atomic E-state index is 0.117. The molecule has 5 nitrogen and oxygen atoms in total. The van der Waals surface area contributed by atoms with Crippen molar-refractivity contribution in [3.8, 4) is 0 Å². The molecule has 0 radical (unpaired) electrons. The Morgan fingerprint density at radius 1 is 1.00 bits per heavy atom. The highest BCUT2D eigenvalue weighted by molar-refractivity contribution is 5.87. The van der Waals surface area contributed by atoms with Crippen molar-refractivity contribution in [1.82, 2.24) is 10.6 Å². The molecule has 2 N–H and O–H groups in total. The van der Waals surface area contributed by atoms with Crippen molar-refractivity contribution in [1.29, 1.82) is 0 Å². The highest BCUT2D eigenvalue weighted by Gasteiger charge is 2.35. The minimum Gasteiger partial charge on any atom is -0.348 e. The molecule has 0 unspecified atom stereocenters. The van der Waals surface area contributed by atoms with E-state index in [1.807, 2.05) is 51.1 Å². The predicted octanol–water partition coefficient (Wildman–Crippen LogP) is 5.84. The monoisotopic (exact) mass is 470 g/mol. The molecule has 0 heterocycles. The fourth-order valence-electron chi connectivity index (χ4n) is 5.19. The van der Waals surface area contributed by atoms with E-state index in [4.69, 9.17) is 0 Å². The molecule has 5 heteroatoms. The number of nitrogens with one attached hydrogen (secondary N) is 2. The van der Waals surface area contributed by atoms with Crippen LogP contribution in [-0.2, 0) is 14.4 Å². The number of hydrogen-bond donors (Lipinski definition) is 2. The highest BCUT2D eigenvalue weighted by atomic mass is 16.2.